The van der Waals surface area contributed by atoms with Crippen LogP contribution < -0.4 is 10.9 Å². The minimum atomic E-state index is -0.144. The molecule has 3 rings (SSSR count). The molecule has 1 aliphatic heterocycles. The van der Waals surface area contributed by atoms with Gasteiger partial charge in [0.05, 0.1) is 6.04 Å². The van der Waals surface area contributed by atoms with Crippen molar-refractivity contribution in [3.8, 4) is 0 Å². The number of rotatable bonds is 3. The average molecular weight is 343 g/mol. The van der Waals surface area contributed by atoms with Crippen molar-refractivity contribution in [2.75, 3.05) is 11.1 Å². The molecule has 5 nitrogen and oxygen atoms in total. The summed E-state index contributed by atoms with van der Waals surface area (Å²) >= 11 is 1.54. The average Bonchev–Trinajstić information content (AvgIpc) is 2.91. The van der Waals surface area contributed by atoms with Crippen molar-refractivity contribution in [3.05, 3.63) is 50.9 Å². The molecule has 0 spiro atoms. The third-order valence-electron chi connectivity index (χ3n) is 4.41. The van der Waals surface area contributed by atoms with Gasteiger partial charge in [-0.05, 0) is 44.9 Å². The summed E-state index contributed by atoms with van der Waals surface area (Å²) in [5.41, 5.74) is 4.34. The Morgan fingerprint density at radius 3 is 2.83 bits per heavy atom. The molecule has 1 aliphatic rings. The van der Waals surface area contributed by atoms with E-state index in [0.717, 1.165) is 22.5 Å². The van der Waals surface area contributed by atoms with Crippen LogP contribution in [-0.4, -0.2) is 21.2 Å². The lowest BCUT2D eigenvalue weighted by molar-refractivity contribution is -0.116. The molecule has 0 fully saturated rings. The standard InChI is InChI=1S/C18H21N3O2S/c1-10-5-6-11(2)15(7-10)20-16(22)8-14-9-24-18-19-13(4)12(3)17(23)21(14)18/h5-7,14H,8-9H2,1-4H3,(H,20,22). The fraction of sp³-hybridized carbons (Fsp3) is 0.389. The smallest absolute Gasteiger partial charge is 0.257 e. The first-order valence-corrected chi connectivity index (χ1v) is 8.95. The second-order valence-corrected chi connectivity index (χ2v) is 7.30. The highest BCUT2D eigenvalue weighted by molar-refractivity contribution is 7.99. The highest BCUT2D eigenvalue weighted by Crippen LogP contribution is 2.32. The SMILES string of the molecule is Cc1ccc(C)c(NC(=O)CC2CSc3nc(C)c(C)c(=O)n32)c1. The zero-order valence-corrected chi connectivity index (χ0v) is 15.2. The summed E-state index contributed by atoms with van der Waals surface area (Å²) < 4.78 is 1.68. The fourth-order valence-corrected chi connectivity index (χ4v) is 3.99. The molecular formula is C18H21N3O2S. The van der Waals surface area contributed by atoms with Crippen LogP contribution in [0.15, 0.2) is 28.2 Å². The lowest BCUT2D eigenvalue weighted by atomic mass is 10.1. The van der Waals surface area contributed by atoms with Gasteiger partial charge < -0.3 is 5.32 Å². The Bertz CT molecular complexity index is 873. The molecule has 0 saturated heterocycles. The summed E-state index contributed by atoms with van der Waals surface area (Å²) in [5, 5.41) is 3.69. The van der Waals surface area contributed by atoms with E-state index < -0.39 is 0 Å². The van der Waals surface area contributed by atoms with Crippen molar-refractivity contribution in [1.82, 2.24) is 9.55 Å². The molecule has 1 unspecified atom stereocenters. The highest BCUT2D eigenvalue weighted by Gasteiger charge is 2.28. The van der Waals surface area contributed by atoms with Crippen molar-refractivity contribution < 1.29 is 4.79 Å². The van der Waals surface area contributed by atoms with Crippen LogP contribution in [0.25, 0.3) is 0 Å². The van der Waals surface area contributed by atoms with E-state index in [-0.39, 0.29) is 23.9 Å². The molecule has 2 heterocycles. The van der Waals surface area contributed by atoms with Gasteiger partial charge in [-0.1, -0.05) is 23.9 Å². The van der Waals surface area contributed by atoms with Crippen LogP contribution in [0, 0.1) is 27.7 Å². The van der Waals surface area contributed by atoms with E-state index in [1.165, 1.54) is 11.8 Å². The number of hydrogen-bond acceptors (Lipinski definition) is 4. The van der Waals surface area contributed by atoms with Crippen molar-refractivity contribution in [1.29, 1.82) is 0 Å². The van der Waals surface area contributed by atoms with Crippen LogP contribution in [0.4, 0.5) is 5.69 Å². The maximum absolute atomic E-state index is 12.5. The van der Waals surface area contributed by atoms with Gasteiger partial charge in [0.15, 0.2) is 5.16 Å². The number of thioether (sulfide) groups is 1. The van der Waals surface area contributed by atoms with Gasteiger partial charge in [0.25, 0.3) is 5.56 Å². The van der Waals surface area contributed by atoms with E-state index in [0.29, 0.717) is 16.5 Å². The van der Waals surface area contributed by atoms with E-state index in [1.807, 2.05) is 39.0 Å². The number of hydrogen-bond donors (Lipinski definition) is 1. The zero-order chi connectivity index (χ0) is 17.4. The van der Waals surface area contributed by atoms with Crippen molar-refractivity contribution in [2.45, 2.75) is 45.3 Å². The lowest BCUT2D eigenvalue weighted by Gasteiger charge is -2.15. The van der Waals surface area contributed by atoms with E-state index in [1.54, 1.807) is 11.5 Å². The van der Waals surface area contributed by atoms with Crippen LogP contribution in [0.1, 0.15) is 34.8 Å². The van der Waals surface area contributed by atoms with Gasteiger partial charge in [-0.15, -0.1) is 0 Å². The van der Waals surface area contributed by atoms with Crippen LogP contribution in [0.3, 0.4) is 0 Å². The van der Waals surface area contributed by atoms with Crippen LogP contribution in [0.2, 0.25) is 0 Å². The maximum atomic E-state index is 12.5. The molecule has 1 aromatic carbocycles. The fourth-order valence-electron chi connectivity index (χ4n) is 2.81. The molecule has 1 aromatic heterocycles. The number of carbonyl (C=O) groups is 1. The third kappa shape index (κ3) is 3.11. The summed E-state index contributed by atoms with van der Waals surface area (Å²) in [6.07, 6.45) is 0.275. The van der Waals surface area contributed by atoms with E-state index in [9.17, 15) is 9.59 Å². The number of benzene rings is 1. The molecule has 1 amide bonds. The van der Waals surface area contributed by atoms with Gasteiger partial charge in [-0.25, -0.2) is 4.98 Å². The Kier molecular flexibility index (Phi) is 4.49. The molecule has 0 saturated carbocycles. The molecule has 126 valence electrons. The molecule has 24 heavy (non-hydrogen) atoms. The van der Waals surface area contributed by atoms with Gasteiger partial charge >= 0.3 is 0 Å². The number of anilines is 1. The Labute approximate surface area is 145 Å². The first kappa shape index (κ1) is 16.8. The molecule has 6 heteroatoms. The number of nitrogens with zero attached hydrogens (tertiary/aromatic N) is 2. The highest BCUT2D eigenvalue weighted by atomic mass is 32.2. The summed E-state index contributed by atoms with van der Waals surface area (Å²) in [5.74, 6) is 0.623. The number of carbonyl (C=O) groups excluding carboxylic acids is 1. The summed E-state index contributed by atoms with van der Waals surface area (Å²) in [6.45, 7) is 7.60. The van der Waals surface area contributed by atoms with Crippen LogP contribution in [-0.2, 0) is 4.79 Å². The first-order chi connectivity index (χ1) is 11.4. The Balaban J connectivity index is 1.80. The normalized spacial score (nSPS) is 16.1. The molecule has 0 aliphatic carbocycles. The molecule has 2 aromatic rings. The van der Waals surface area contributed by atoms with Crippen LogP contribution >= 0.6 is 11.8 Å². The molecule has 1 N–H and O–H groups in total. The van der Waals surface area contributed by atoms with Crippen molar-refractivity contribution in [2.24, 2.45) is 0 Å². The Morgan fingerprint density at radius 2 is 2.08 bits per heavy atom. The topological polar surface area (TPSA) is 64.0 Å². The molecule has 0 bridgehead atoms. The summed E-state index contributed by atoms with van der Waals surface area (Å²) in [4.78, 5) is 29.4. The monoisotopic (exact) mass is 343 g/mol. The maximum Gasteiger partial charge on any atom is 0.257 e. The van der Waals surface area contributed by atoms with E-state index in [2.05, 4.69) is 10.3 Å². The number of aromatic nitrogens is 2. The van der Waals surface area contributed by atoms with Crippen LogP contribution in [0.5, 0.6) is 0 Å². The van der Waals surface area contributed by atoms with E-state index >= 15 is 0 Å². The minimum Gasteiger partial charge on any atom is -0.326 e. The van der Waals surface area contributed by atoms with Crippen molar-refractivity contribution >= 4 is 23.4 Å². The largest absolute Gasteiger partial charge is 0.326 e. The molecule has 1 atom stereocenters. The lowest BCUT2D eigenvalue weighted by Crippen LogP contribution is -2.29. The van der Waals surface area contributed by atoms with Gasteiger partial charge in [0, 0.05) is 29.1 Å². The predicted molar refractivity (Wildman–Crippen MR) is 96.9 cm³/mol. The quantitative estimate of drug-likeness (QED) is 0.870. The molecular weight excluding hydrogens is 322 g/mol. The first-order valence-electron chi connectivity index (χ1n) is 7.96. The molecule has 0 radical (unpaired) electrons. The van der Waals surface area contributed by atoms with Gasteiger partial charge in [-0.3, -0.25) is 14.2 Å². The Morgan fingerprint density at radius 1 is 1.33 bits per heavy atom. The number of nitrogens with one attached hydrogen (secondary N) is 1. The second-order valence-electron chi connectivity index (χ2n) is 6.32. The second kappa shape index (κ2) is 6.43. The number of aryl methyl sites for hydroxylation is 3. The minimum absolute atomic E-state index is 0.0352. The van der Waals surface area contributed by atoms with E-state index in [4.69, 9.17) is 0 Å². The van der Waals surface area contributed by atoms with Crippen molar-refractivity contribution in [3.63, 3.8) is 0 Å². The third-order valence-corrected chi connectivity index (χ3v) is 5.51. The Hall–Kier alpha value is -2.08. The van der Waals surface area contributed by atoms with Gasteiger partial charge in [0.1, 0.15) is 0 Å². The van der Waals surface area contributed by atoms with Gasteiger partial charge in [-0.2, -0.15) is 0 Å². The number of amides is 1. The number of fused-ring (bicyclic) bond motifs is 1. The summed E-state index contributed by atoms with van der Waals surface area (Å²) in [7, 11) is 0. The van der Waals surface area contributed by atoms with Gasteiger partial charge in [0.2, 0.25) is 5.91 Å². The summed E-state index contributed by atoms with van der Waals surface area (Å²) in [6, 6.07) is 5.83. The predicted octanol–water partition coefficient (Wildman–Crippen LogP) is 3.15. The zero-order valence-electron chi connectivity index (χ0n) is 14.3.